The predicted molar refractivity (Wildman–Crippen MR) is 128 cm³/mol. The van der Waals surface area contributed by atoms with E-state index in [0.717, 1.165) is 10.0 Å². The third-order valence-electron chi connectivity index (χ3n) is 4.47. The first-order valence-electron chi connectivity index (χ1n) is 9.89. The summed E-state index contributed by atoms with van der Waals surface area (Å²) in [7, 11) is 0. The minimum atomic E-state index is -0.590. The molecule has 0 atom stereocenters. The zero-order valence-corrected chi connectivity index (χ0v) is 19.4. The summed E-state index contributed by atoms with van der Waals surface area (Å²) >= 11 is 3.38. The molecule has 0 fully saturated rings. The normalized spacial score (nSPS) is 11.1. The van der Waals surface area contributed by atoms with Crippen LogP contribution in [0.15, 0.2) is 57.4 Å². The Labute approximate surface area is 193 Å². The SMILES string of the molecule is C=CCc1cc(/C=N/n2c(C)nc3ccc(Br)cc3c2=O)cc(OCC)c1OCC(N)=O. The highest BCUT2D eigenvalue weighted by Gasteiger charge is 2.14. The Balaban J connectivity index is 2.07. The van der Waals surface area contributed by atoms with Gasteiger partial charge in [0.1, 0.15) is 5.82 Å². The number of fused-ring (bicyclic) bond motifs is 1. The van der Waals surface area contributed by atoms with Crippen LogP contribution in [0.3, 0.4) is 0 Å². The second-order valence-electron chi connectivity index (χ2n) is 6.87. The van der Waals surface area contributed by atoms with E-state index in [4.69, 9.17) is 15.2 Å². The van der Waals surface area contributed by atoms with Crippen LogP contribution in [0.1, 0.15) is 23.9 Å². The lowest BCUT2D eigenvalue weighted by molar-refractivity contribution is -0.119. The van der Waals surface area contributed by atoms with E-state index in [0.29, 0.717) is 46.8 Å². The summed E-state index contributed by atoms with van der Waals surface area (Å²) in [5.74, 6) is 0.735. The molecule has 1 amide bonds. The molecule has 2 N–H and O–H groups in total. The number of allylic oxidation sites excluding steroid dienone is 1. The molecule has 1 aromatic heterocycles. The van der Waals surface area contributed by atoms with E-state index in [9.17, 15) is 9.59 Å². The number of nitrogens with two attached hydrogens (primary N) is 1. The van der Waals surface area contributed by atoms with Crippen molar-refractivity contribution in [2.75, 3.05) is 13.2 Å². The third kappa shape index (κ3) is 5.23. The maximum Gasteiger partial charge on any atom is 0.282 e. The van der Waals surface area contributed by atoms with Gasteiger partial charge in [-0.3, -0.25) is 9.59 Å². The summed E-state index contributed by atoms with van der Waals surface area (Å²) in [6.45, 7) is 7.45. The molecule has 0 unspecified atom stereocenters. The Kier molecular flexibility index (Phi) is 7.42. The number of hydrogen-bond donors (Lipinski definition) is 1. The first-order chi connectivity index (χ1) is 15.3. The van der Waals surface area contributed by atoms with Crippen molar-refractivity contribution in [2.24, 2.45) is 10.8 Å². The average molecular weight is 499 g/mol. The van der Waals surface area contributed by atoms with Crippen molar-refractivity contribution < 1.29 is 14.3 Å². The summed E-state index contributed by atoms with van der Waals surface area (Å²) in [6.07, 6.45) is 3.73. The van der Waals surface area contributed by atoms with Crippen LogP contribution in [0, 0.1) is 6.92 Å². The van der Waals surface area contributed by atoms with E-state index >= 15 is 0 Å². The maximum absolute atomic E-state index is 13.0. The number of carbonyl (C=O) groups is 1. The minimum absolute atomic E-state index is 0.273. The van der Waals surface area contributed by atoms with Gasteiger partial charge in [-0.1, -0.05) is 22.0 Å². The number of ether oxygens (including phenoxy) is 2. The minimum Gasteiger partial charge on any atom is -0.490 e. The van der Waals surface area contributed by atoms with Gasteiger partial charge in [0.2, 0.25) is 0 Å². The number of primary amides is 1. The standard InChI is InChI=1S/C23H23BrN4O4/c1-4-6-16-9-15(10-20(31-5-2)22(16)32-13-21(25)29)12-26-28-14(3)27-19-8-7-17(24)11-18(19)23(28)30/h4,7-12H,1,5-6,13H2,2-3H3,(H2,25,29)/b26-12+. The molecule has 0 aliphatic rings. The monoisotopic (exact) mass is 498 g/mol. The molecule has 2 aromatic carbocycles. The second-order valence-corrected chi connectivity index (χ2v) is 7.79. The van der Waals surface area contributed by atoms with Gasteiger partial charge in [0.15, 0.2) is 18.1 Å². The number of hydrogen-bond acceptors (Lipinski definition) is 6. The van der Waals surface area contributed by atoms with Crippen LogP contribution in [0.25, 0.3) is 10.9 Å². The molecule has 1 heterocycles. The molecule has 0 saturated heterocycles. The Hall–Kier alpha value is -3.46. The number of carbonyl (C=O) groups excluding carboxylic acids is 1. The van der Waals surface area contributed by atoms with Gasteiger partial charge in [-0.05, 0) is 56.2 Å². The molecular formula is C23H23BrN4O4. The van der Waals surface area contributed by atoms with Gasteiger partial charge in [0, 0.05) is 10.0 Å². The summed E-state index contributed by atoms with van der Waals surface area (Å²) in [5.41, 5.74) is 6.97. The lowest BCUT2D eigenvalue weighted by atomic mass is 10.1. The van der Waals surface area contributed by atoms with Crippen LogP contribution < -0.4 is 20.8 Å². The zero-order chi connectivity index (χ0) is 23.3. The van der Waals surface area contributed by atoms with Gasteiger partial charge < -0.3 is 15.2 Å². The smallest absolute Gasteiger partial charge is 0.282 e. The molecule has 3 aromatic rings. The molecule has 0 saturated carbocycles. The Morgan fingerprint density at radius 3 is 2.78 bits per heavy atom. The van der Waals surface area contributed by atoms with Crippen molar-refractivity contribution in [3.05, 3.63) is 74.8 Å². The Morgan fingerprint density at radius 1 is 1.31 bits per heavy atom. The predicted octanol–water partition coefficient (Wildman–Crippen LogP) is 3.34. The average Bonchev–Trinajstić information content (AvgIpc) is 2.74. The largest absolute Gasteiger partial charge is 0.490 e. The number of aromatic nitrogens is 2. The fourth-order valence-electron chi connectivity index (χ4n) is 3.16. The van der Waals surface area contributed by atoms with Crippen LogP contribution >= 0.6 is 15.9 Å². The van der Waals surface area contributed by atoms with Crippen LogP contribution in [0.2, 0.25) is 0 Å². The van der Waals surface area contributed by atoms with Crippen molar-refractivity contribution in [3.8, 4) is 11.5 Å². The van der Waals surface area contributed by atoms with Crippen molar-refractivity contribution in [1.82, 2.24) is 9.66 Å². The van der Waals surface area contributed by atoms with Crippen LogP contribution in [-0.2, 0) is 11.2 Å². The van der Waals surface area contributed by atoms with Gasteiger partial charge >= 0.3 is 0 Å². The number of nitrogens with zero attached hydrogens (tertiary/aromatic N) is 3. The highest BCUT2D eigenvalue weighted by Crippen LogP contribution is 2.33. The zero-order valence-electron chi connectivity index (χ0n) is 17.8. The number of rotatable bonds is 9. The molecule has 0 radical (unpaired) electrons. The fourth-order valence-corrected chi connectivity index (χ4v) is 3.52. The summed E-state index contributed by atoms with van der Waals surface area (Å²) in [5, 5.41) is 4.82. The molecule has 3 rings (SSSR count). The summed E-state index contributed by atoms with van der Waals surface area (Å²) in [4.78, 5) is 28.6. The Bertz CT molecular complexity index is 1270. The van der Waals surface area contributed by atoms with E-state index in [2.05, 4.69) is 32.6 Å². The van der Waals surface area contributed by atoms with Gasteiger partial charge in [0.25, 0.3) is 11.5 Å². The molecule has 8 nitrogen and oxygen atoms in total. The highest BCUT2D eigenvalue weighted by molar-refractivity contribution is 9.10. The Morgan fingerprint density at radius 2 is 2.09 bits per heavy atom. The van der Waals surface area contributed by atoms with Crippen LogP contribution in [0.5, 0.6) is 11.5 Å². The van der Waals surface area contributed by atoms with Gasteiger partial charge in [-0.2, -0.15) is 9.78 Å². The van der Waals surface area contributed by atoms with Crippen molar-refractivity contribution in [2.45, 2.75) is 20.3 Å². The molecule has 32 heavy (non-hydrogen) atoms. The molecule has 166 valence electrons. The molecule has 0 bridgehead atoms. The summed E-state index contributed by atoms with van der Waals surface area (Å²) < 4.78 is 13.3. The van der Waals surface area contributed by atoms with E-state index in [1.54, 1.807) is 37.4 Å². The van der Waals surface area contributed by atoms with Crippen molar-refractivity contribution >= 4 is 39.0 Å². The van der Waals surface area contributed by atoms with Gasteiger partial charge in [-0.15, -0.1) is 6.58 Å². The molecule has 0 aliphatic carbocycles. The van der Waals surface area contributed by atoms with Crippen molar-refractivity contribution in [3.63, 3.8) is 0 Å². The third-order valence-corrected chi connectivity index (χ3v) is 4.96. The van der Waals surface area contributed by atoms with Crippen LogP contribution in [-0.4, -0.2) is 35.0 Å². The van der Waals surface area contributed by atoms with Crippen LogP contribution in [0.4, 0.5) is 0 Å². The lowest BCUT2D eigenvalue weighted by Gasteiger charge is -2.16. The molecular weight excluding hydrogens is 476 g/mol. The maximum atomic E-state index is 13.0. The first kappa shape index (κ1) is 23.2. The van der Waals surface area contributed by atoms with E-state index in [1.807, 2.05) is 19.1 Å². The topological polar surface area (TPSA) is 109 Å². The fraction of sp³-hybridized carbons (Fsp3) is 0.217. The summed E-state index contributed by atoms with van der Waals surface area (Å²) in [6, 6.07) is 8.88. The lowest BCUT2D eigenvalue weighted by Crippen LogP contribution is -2.21. The van der Waals surface area contributed by atoms with E-state index in [1.165, 1.54) is 4.68 Å². The number of aryl methyl sites for hydroxylation is 1. The van der Waals surface area contributed by atoms with Crippen molar-refractivity contribution in [1.29, 1.82) is 0 Å². The number of halogens is 1. The van der Waals surface area contributed by atoms with E-state index in [-0.39, 0.29) is 12.2 Å². The van der Waals surface area contributed by atoms with Gasteiger partial charge in [0.05, 0.1) is 23.7 Å². The van der Waals surface area contributed by atoms with Gasteiger partial charge in [-0.25, -0.2) is 4.98 Å². The molecule has 9 heteroatoms. The number of amides is 1. The number of benzene rings is 2. The molecule has 0 aliphatic heterocycles. The van der Waals surface area contributed by atoms with E-state index < -0.39 is 5.91 Å². The second kappa shape index (κ2) is 10.2. The molecule has 0 spiro atoms. The highest BCUT2D eigenvalue weighted by atomic mass is 79.9. The first-order valence-corrected chi connectivity index (χ1v) is 10.7. The quantitative estimate of drug-likeness (QED) is 0.359.